The maximum atomic E-state index is 13.6. The monoisotopic (exact) mass is 463 g/mol. The fourth-order valence-corrected chi connectivity index (χ4v) is 4.02. The van der Waals surface area contributed by atoms with Crippen molar-refractivity contribution in [2.45, 2.75) is 6.92 Å². The van der Waals surface area contributed by atoms with Gasteiger partial charge in [0.05, 0.1) is 24.1 Å². The molecule has 3 aromatic rings. The Labute approximate surface area is 196 Å². The molecule has 0 saturated carbocycles. The second-order valence-electron chi connectivity index (χ2n) is 7.29. The summed E-state index contributed by atoms with van der Waals surface area (Å²) in [6.45, 7) is 1.89. The van der Waals surface area contributed by atoms with Gasteiger partial charge in [-0.05, 0) is 60.0 Å². The number of carbonyl (C=O) groups excluding carboxylic acids is 2. The molecular formula is C26H19Cl2NO3. The Bertz CT molecular complexity index is 1280. The second kappa shape index (κ2) is 9.03. The Morgan fingerprint density at radius 1 is 1.00 bits per heavy atom. The predicted molar refractivity (Wildman–Crippen MR) is 129 cm³/mol. The van der Waals surface area contributed by atoms with Crippen LogP contribution in [0.5, 0.6) is 0 Å². The van der Waals surface area contributed by atoms with Crippen LogP contribution in [-0.2, 0) is 9.53 Å². The zero-order valence-corrected chi connectivity index (χ0v) is 18.9. The molecule has 0 N–H and O–H groups in total. The van der Waals surface area contributed by atoms with E-state index in [1.165, 1.54) is 7.11 Å². The summed E-state index contributed by atoms with van der Waals surface area (Å²) in [5.74, 6) is -0.688. The average molecular weight is 464 g/mol. The van der Waals surface area contributed by atoms with E-state index in [0.717, 1.165) is 11.1 Å². The van der Waals surface area contributed by atoms with Gasteiger partial charge in [0.15, 0.2) is 0 Å². The summed E-state index contributed by atoms with van der Waals surface area (Å²) in [5.41, 5.74) is 4.55. The minimum Gasteiger partial charge on any atom is -0.465 e. The summed E-state index contributed by atoms with van der Waals surface area (Å²) in [7, 11) is 1.33. The third kappa shape index (κ3) is 4.20. The van der Waals surface area contributed by atoms with Crippen molar-refractivity contribution in [1.29, 1.82) is 0 Å². The molecule has 0 atom stereocenters. The number of ether oxygens (including phenoxy) is 1. The SMILES string of the molecule is COC(=O)c1ccc(C)c(N2C(=O)/C(=C/c3ccc(Cl)cc3Cl)C=C2c2ccccc2)c1. The lowest BCUT2D eigenvalue weighted by Gasteiger charge is -2.23. The van der Waals surface area contributed by atoms with E-state index in [4.69, 9.17) is 27.9 Å². The minimum absolute atomic E-state index is 0.222. The van der Waals surface area contributed by atoms with Crippen LogP contribution in [0.1, 0.15) is 27.0 Å². The smallest absolute Gasteiger partial charge is 0.337 e. The molecule has 4 rings (SSSR count). The molecule has 0 radical (unpaired) electrons. The van der Waals surface area contributed by atoms with Gasteiger partial charge in [-0.1, -0.05) is 65.7 Å². The molecule has 0 aliphatic carbocycles. The molecule has 160 valence electrons. The van der Waals surface area contributed by atoms with E-state index in [2.05, 4.69) is 0 Å². The van der Waals surface area contributed by atoms with Gasteiger partial charge in [-0.2, -0.15) is 0 Å². The summed E-state index contributed by atoms with van der Waals surface area (Å²) in [6, 6.07) is 19.9. The molecule has 0 aromatic heterocycles. The lowest BCUT2D eigenvalue weighted by atomic mass is 10.1. The van der Waals surface area contributed by atoms with Gasteiger partial charge in [-0.25, -0.2) is 4.79 Å². The van der Waals surface area contributed by atoms with Crippen molar-refractivity contribution in [3.05, 3.63) is 111 Å². The number of halogens is 2. The third-order valence-corrected chi connectivity index (χ3v) is 5.76. The van der Waals surface area contributed by atoms with E-state index in [1.807, 2.05) is 43.3 Å². The number of benzene rings is 3. The van der Waals surface area contributed by atoms with Gasteiger partial charge >= 0.3 is 5.97 Å². The van der Waals surface area contributed by atoms with E-state index in [0.29, 0.717) is 38.1 Å². The summed E-state index contributed by atoms with van der Waals surface area (Å²) in [4.78, 5) is 27.3. The number of esters is 1. The van der Waals surface area contributed by atoms with Crippen LogP contribution in [0.25, 0.3) is 11.8 Å². The first-order chi connectivity index (χ1) is 15.4. The van der Waals surface area contributed by atoms with Gasteiger partial charge in [-0.15, -0.1) is 0 Å². The lowest BCUT2D eigenvalue weighted by Crippen LogP contribution is -2.26. The van der Waals surface area contributed by atoms with Gasteiger partial charge in [0.2, 0.25) is 0 Å². The highest BCUT2D eigenvalue weighted by Gasteiger charge is 2.32. The maximum Gasteiger partial charge on any atom is 0.337 e. The number of aryl methyl sites for hydroxylation is 1. The van der Waals surface area contributed by atoms with Crippen LogP contribution in [0.2, 0.25) is 10.0 Å². The summed E-state index contributed by atoms with van der Waals surface area (Å²) >= 11 is 12.3. The largest absolute Gasteiger partial charge is 0.465 e. The van der Waals surface area contributed by atoms with Crippen molar-refractivity contribution in [3.63, 3.8) is 0 Å². The number of hydrogen-bond donors (Lipinski definition) is 0. The standard InChI is InChI=1S/C26H19Cl2NO3/c1-16-8-9-19(26(31)32-2)13-23(16)29-24(17-6-4-3-5-7-17)14-20(25(29)30)12-18-10-11-21(27)15-22(18)28/h3-15H,1-2H3/b20-12+. The van der Waals surface area contributed by atoms with Crippen molar-refractivity contribution in [3.8, 4) is 0 Å². The zero-order chi connectivity index (χ0) is 22.8. The van der Waals surface area contributed by atoms with Crippen molar-refractivity contribution in [2.24, 2.45) is 0 Å². The van der Waals surface area contributed by atoms with Crippen molar-refractivity contribution < 1.29 is 14.3 Å². The number of rotatable bonds is 4. The van der Waals surface area contributed by atoms with Crippen molar-refractivity contribution in [1.82, 2.24) is 0 Å². The Hall–Kier alpha value is -3.34. The van der Waals surface area contributed by atoms with Gasteiger partial charge in [-0.3, -0.25) is 9.69 Å². The molecule has 1 aliphatic heterocycles. The highest BCUT2D eigenvalue weighted by atomic mass is 35.5. The number of methoxy groups -OCH3 is 1. The normalized spacial score (nSPS) is 14.6. The molecule has 32 heavy (non-hydrogen) atoms. The van der Waals surface area contributed by atoms with Crippen LogP contribution in [0.3, 0.4) is 0 Å². The topological polar surface area (TPSA) is 46.6 Å². The van der Waals surface area contributed by atoms with Crippen LogP contribution >= 0.6 is 23.2 Å². The summed E-state index contributed by atoms with van der Waals surface area (Å²) < 4.78 is 4.86. The van der Waals surface area contributed by atoms with Crippen molar-refractivity contribution in [2.75, 3.05) is 12.0 Å². The van der Waals surface area contributed by atoms with Gasteiger partial charge in [0, 0.05) is 15.6 Å². The van der Waals surface area contributed by atoms with Gasteiger partial charge < -0.3 is 4.74 Å². The number of amides is 1. The average Bonchev–Trinajstić information content (AvgIpc) is 3.12. The molecule has 6 heteroatoms. The quantitative estimate of drug-likeness (QED) is 0.325. The fourth-order valence-electron chi connectivity index (χ4n) is 3.56. The van der Waals surface area contributed by atoms with E-state index in [-0.39, 0.29) is 5.91 Å². The zero-order valence-electron chi connectivity index (χ0n) is 17.4. The Balaban J connectivity index is 1.87. The fraction of sp³-hybridized carbons (Fsp3) is 0.0769. The highest BCUT2D eigenvalue weighted by Crippen LogP contribution is 2.38. The van der Waals surface area contributed by atoms with Crippen LogP contribution < -0.4 is 4.90 Å². The molecule has 0 bridgehead atoms. The molecule has 0 saturated heterocycles. The van der Waals surface area contributed by atoms with E-state index in [1.54, 1.807) is 47.4 Å². The first-order valence-corrected chi connectivity index (χ1v) is 10.6. The Kier molecular flexibility index (Phi) is 6.17. The first-order valence-electron chi connectivity index (χ1n) is 9.86. The Morgan fingerprint density at radius 2 is 1.75 bits per heavy atom. The number of hydrogen-bond acceptors (Lipinski definition) is 3. The maximum absolute atomic E-state index is 13.6. The lowest BCUT2D eigenvalue weighted by molar-refractivity contribution is -0.113. The molecule has 1 amide bonds. The van der Waals surface area contributed by atoms with Crippen molar-refractivity contribution >= 4 is 52.5 Å². The van der Waals surface area contributed by atoms with E-state index in [9.17, 15) is 9.59 Å². The predicted octanol–water partition coefficient (Wildman–Crippen LogP) is 6.56. The molecule has 0 unspecified atom stereocenters. The van der Waals surface area contributed by atoms with Crippen LogP contribution in [0, 0.1) is 6.92 Å². The minimum atomic E-state index is -0.466. The first kappa shape index (κ1) is 21.9. The molecule has 0 fully saturated rings. The van der Waals surface area contributed by atoms with E-state index < -0.39 is 5.97 Å². The number of anilines is 1. The molecule has 1 heterocycles. The number of nitrogens with zero attached hydrogens (tertiary/aromatic N) is 1. The van der Waals surface area contributed by atoms with Crippen LogP contribution in [0.4, 0.5) is 5.69 Å². The highest BCUT2D eigenvalue weighted by molar-refractivity contribution is 6.35. The van der Waals surface area contributed by atoms with Crippen LogP contribution in [-0.4, -0.2) is 19.0 Å². The molecule has 1 aliphatic rings. The van der Waals surface area contributed by atoms with Crippen LogP contribution in [0.15, 0.2) is 78.4 Å². The molecule has 3 aromatic carbocycles. The molecule has 4 nitrogen and oxygen atoms in total. The van der Waals surface area contributed by atoms with Gasteiger partial charge in [0.25, 0.3) is 5.91 Å². The molecule has 0 spiro atoms. The second-order valence-corrected chi connectivity index (χ2v) is 8.14. The van der Waals surface area contributed by atoms with Gasteiger partial charge in [0.1, 0.15) is 0 Å². The third-order valence-electron chi connectivity index (χ3n) is 5.20. The van der Waals surface area contributed by atoms with E-state index >= 15 is 0 Å². The summed E-state index contributed by atoms with van der Waals surface area (Å²) in [6.07, 6.45) is 3.57. The Morgan fingerprint density at radius 3 is 2.44 bits per heavy atom. The summed E-state index contributed by atoms with van der Waals surface area (Å²) in [5, 5.41) is 0.974. The number of carbonyl (C=O) groups is 2. The molecular weight excluding hydrogens is 445 g/mol.